The number of nitriles is 1. The Morgan fingerprint density at radius 2 is 2.00 bits per heavy atom. The number of amides is 1. The number of aryl methyl sites for hydroxylation is 2. The molecule has 0 spiro atoms. The first-order valence-electron chi connectivity index (χ1n) is 7.71. The predicted molar refractivity (Wildman–Crippen MR) is 91.5 cm³/mol. The molecule has 24 heavy (non-hydrogen) atoms. The number of carbonyl (C=O) groups is 1. The molecule has 2 aromatic rings. The molecule has 1 N–H and O–H groups in total. The van der Waals surface area contributed by atoms with Gasteiger partial charge in [0.2, 0.25) is 11.8 Å². The number of nitrogens with zero attached hydrogens (tertiary/aromatic N) is 2. The minimum absolute atomic E-state index is 0.307. The van der Waals surface area contributed by atoms with Crippen LogP contribution in [0, 0.1) is 30.6 Å². The van der Waals surface area contributed by atoms with Crippen LogP contribution in [-0.2, 0) is 11.3 Å². The first-order valence-corrected chi connectivity index (χ1v) is 7.71. The van der Waals surface area contributed by atoms with Gasteiger partial charge in [0, 0.05) is 18.8 Å². The zero-order chi connectivity index (χ0) is 17.7. The number of nitrogens with one attached hydrogen (secondary N) is 1. The second kappa shape index (κ2) is 7.14. The topological polar surface area (TPSA) is 75.0 Å². The fraction of sp³-hybridized carbons (Fsp3) is 0.316. The Labute approximate surface area is 142 Å². The Hall–Kier alpha value is -2.87. The molecule has 5 heteroatoms. The zero-order valence-electron chi connectivity index (χ0n) is 14.4. The summed E-state index contributed by atoms with van der Waals surface area (Å²) in [7, 11) is 0. The lowest BCUT2D eigenvalue weighted by Gasteiger charge is -2.15. The molecule has 0 bridgehead atoms. The minimum Gasteiger partial charge on any atom is -0.439 e. The van der Waals surface area contributed by atoms with Crippen molar-refractivity contribution in [3.05, 3.63) is 53.2 Å². The fourth-order valence-corrected chi connectivity index (χ4v) is 1.97. The average Bonchev–Trinajstić information content (AvgIpc) is 2.56. The van der Waals surface area contributed by atoms with Crippen molar-refractivity contribution in [3.63, 3.8) is 0 Å². The molecule has 1 aromatic carbocycles. The maximum atomic E-state index is 11.9. The predicted octanol–water partition coefficient (Wildman–Crippen LogP) is 3.66. The molecule has 0 saturated heterocycles. The van der Waals surface area contributed by atoms with Gasteiger partial charge in [-0.15, -0.1) is 0 Å². The van der Waals surface area contributed by atoms with Crippen LogP contribution >= 0.6 is 0 Å². The van der Waals surface area contributed by atoms with Gasteiger partial charge in [0.25, 0.3) is 0 Å². The Morgan fingerprint density at radius 3 is 2.67 bits per heavy atom. The molecule has 2 rings (SSSR count). The van der Waals surface area contributed by atoms with Gasteiger partial charge in [-0.2, -0.15) is 5.26 Å². The van der Waals surface area contributed by atoms with Gasteiger partial charge in [-0.3, -0.25) is 4.79 Å². The number of rotatable bonds is 5. The number of hydrogen-bond donors (Lipinski definition) is 1. The molecule has 1 heterocycles. The van der Waals surface area contributed by atoms with Gasteiger partial charge in [0.1, 0.15) is 11.2 Å². The molecule has 0 aliphatic heterocycles. The van der Waals surface area contributed by atoms with Crippen molar-refractivity contribution in [2.45, 2.75) is 34.2 Å². The molecule has 0 aliphatic carbocycles. The van der Waals surface area contributed by atoms with E-state index in [0.717, 1.165) is 16.9 Å². The lowest BCUT2D eigenvalue weighted by atomic mass is 9.95. The van der Waals surface area contributed by atoms with Gasteiger partial charge in [-0.25, -0.2) is 4.98 Å². The van der Waals surface area contributed by atoms with Crippen LogP contribution in [0.1, 0.15) is 30.5 Å². The maximum Gasteiger partial charge on any atom is 0.240 e. The van der Waals surface area contributed by atoms with Crippen molar-refractivity contribution in [1.82, 2.24) is 10.3 Å². The summed E-state index contributed by atoms with van der Waals surface area (Å²) in [6.45, 7) is 7.56. The summed E-state index contributed by atoms with van der Waals surface area (Å²) >= 11 is 0. The van der Waals surface area contributed by atoms with Crippen LogP contribution in [0.5, 0.6) is 11.6 Å². The van der Waals surface area contributed by atoms with Crippen molar-refractivity contribution in [2.24, 2.45) is 5.41 Å². The van der Waals surface area contributed by atoms with E-state index in [1.54, 1.807) is 32.2 Å². The standard InChI is InChI=1S/C19H21N3O2/c1-13-5-6-16(9-14(13)2)24-17-10-15(7-8-21-17)11-22-18(23)19(3,4)12-20/h5-10H,11H2,1-4H3,(H,22,23). The van der Waals surface area contributed by atoms with Gasteiger partial charge >= 0.3 is 0 Å². The van der Waals surface area contributed by atoms with E-state index in [1.807, 2.05) is 38.1 Å². The normalized spacial score (nSPS) is 10.8. The van der Waals surface area contributed by atoms with Gasteiger partial charge in [0.05, 0.1) is 6.07 Å². The molecular weight excluding hydrogens is 302 g/mol. The lowest BCUT2D eigenvalue weighted by molar-refractivity contribution is -0.126. The number of hydrogen-bond acceptors (Lipinski definition) is 4. The highest BCUT2D eigenvalue weighted by Gasteiger charge is 2.26. The largest absolute Gasteiger partial charge is 0.439 e. The average molecular weight is 323 g/mol. The molecular formula is C19H21N3O2. The molecule has 0 aliphatic rings. The number of benzene rings is 1. The minimum atomic E-state index is -1.05. The zero-order valence-corrected chi connectivity index (χ0v) is 14.4. The summed E-state index contributed by atoms with van der Waals surface area (Å²) < 4.78 is 5.77. The molecule has 0 saturated carbocycles. The first-order chi connectivity index (χ1) is 11.3. The Morgan fingerprint density at radius 1 is 1.25 bits per heavy atom. The van der Waals surface area contributed by atoms with Crippen LogP contribution in [0.3, 0.4) is 0 Å². The Bertz CT molecular complexity index is 791. The van der Waals surface area contributed by atoms with Crippen LogP contribution in [0.2, 0.25) is 0 Å². The number of pyridine rings is 1. The number of carbonyl (C=O) groups excluding carboxylic acids is 1. The third-order valence-corrected chi connectivity index (χ3v) is 3.80. The van der Waals surface area contributed by atoms with Crippen LogP contribution in [0.4, 0.5) is 0 Å². The molecule has 0 fully saturated rings. The molecule has 1 aromatic heterocycles. The number of ether oxygens (including phenoxy) is 1. The van der Waals surface area contributed by atoms with E-state index in [-0.39, 0.29) is 5.91 Å². The summed E-state index contributed by atoms with van der Waals surface area (Å²) in [4.78, 5) is 16.1. The van der Waals surface area contributed by atoms with Crippen molar-refractivity contribution < 1.29 is 9.53 Å². The molecule has 0 radical (unpaired) electrons. The highest BCUT2D eigenvalue weighted by atomic mass is 16.5. The molecule has 0 atom stereocenters. The molecule has 0 unspecified atom stereocenters. The second-order valence-electron chi connectivity index (χ2n) is 6.27. The molecule has 1 amide bonds. The lowest BCUT2D eigenvalue weighted by Crippen LogP contribution is -2.35. The van der Waals surface area contributed by atoms with Crippen LogP contribution < -0.4 is 10.1 Å². The maximum absolute atomic E-state index is 11.9. The van der Waals surface area contributed by atoms with E-state index in [0.29, 0.717) is 12.4 Å². The van der Waals surface area contributed by atoms with Crippen LogP contribution in [-0.4, -0.2) is 10.9 Å². The summed E-state index contributed by atoms with van der Waals surface area (Å²) in [5, 5.41) is 11.7. The fourth-order valence-electron chi connectivity index (χ4n) is 1.97. The Kier molecular flexibility index (Phi) is 5.20. The van der Waals surface area contributed by atoms with Crippen LogP contribution in [0.25, 0.3) is 0 Å². The van der Waals surface area contributed by atoms with E-state index in [2.05, 4.69) is 10.3 Å². The van der Waals surface area contributed by atoms with Crippen molar-refractivity contribution >= 4 is 5.91 Å². The van der Waals surface area contributed by atoms with Crippen molar-refractivity contribution in [3.8, 4) is 17.7 Å². The third-order valence-electron chi connectivity index (χ3n) is 3.80. The second-order valence-corrected chi connectivity index (χ2v) is 6.27. The summed E-state index contributed by atoms with van der Waals surface area (Å²) in [6, 6.07) is 11.4. The van der Waals surface area contributed by atoms with Gasteiger partial charge in [0.15, 0.2) is 0 Å². The van der Waals surface area contributed by atoms with Gasteiger partial charge in [-0.05, 0) is 62.6 Å². The van der Waals surface area contributed by atoms with Crippen molar-refractivity contribution in [1.29, 1.82) is 5.26 Å². The Balaban J connectivity index is 2.05. The third kappa shape index (κ3) is 4.32. The van der Waals surface area contributed by atoms with Gasteiger partial charge in [-0.1, -0.05) is 6.07 Å². The monoisotopic (exact) mass is 323 g/mol. The highest BCUT2D eigenvalue weighted by molar-refractivity contribution is 5.84. The quantitative estimate of drug-likeness (QED) is 0.911. The van der Waals surface area contributed by atoms with Crippen molar-refractivity contribution in [2.75, 3.05) is 0 Å². The highest BCUT2D eigenvalue weighted by Crippen LogP contribution is 2.22. The summed E-state index contributed by atoms with van der Waals surface area (Å²) in [5.41, 5.74) is 2.15. The van der Waals surface area contributed by atoms with Gasteiger partial charge < -0.3 is 10.1 Å². The number of aromatic nitrogens is 1. The molecule has 5 nitrogen and oxygen atoms in total. The van der Waals surface area contributed by atoms with E-state index < -0.39 is 5.41 Å². The SMILES string of the molecule is Cc1ccc(Oc2cc(CNC(=O)C(C)(C)C#N)ccn2)cc1C. The molecule has 124 valence electrons. The smallest absolute Gasteiger partial charge is 0.240 e. The van der Waals surface area contributed by atoms with E-state index in [1.165, 1.54) is 5.56 Å². The first kappa shape index (κ1) is 17.5. The summed E-state index contributed by atoms with van der Waals surface area (Å²) in [6.07, 6.45) is 1.63. The van der Waals surface area contributed by atoms with Crippen LogP contribution in [0.15, 0.2) is 36.5 Å². The van der Waals surface area contributed by atoms with E-state index in [9.17, 15) is 4.79 Å². The van der Waals surface area contributed by atoms with E-state index in [4.69, 9.17) is 10.00 Å². The van der Waals surface area contributed by atoms with E-state index >= 15 is 0 Å². The summed E-state index contributed by atoms with van der Waals surface area (Å²) in [5.74, 6) is 0.875.